The van der Waals surface area contributed by atoms with E-state index < -0.39 is 0 Å². The van der Waals surface area contributed by atoms with Crippen LogP contribution in [0.3, 0.4) is 0 Å². The molecule has 0 radical (unpaired) electrons. The maximum atomic E-state index is 6.22. The first-order valence-corrected chi connectivity index (χ1v) is 9.01. The van der Waals surface area contributed by atoms with E-state index >= 15 is 0 Å². The summed E-state index contributed by atoms with van der Waals surface area (Å²) in [5.41, 5.74) is 5.97. The van der Waals surface area contributed by atoms with E-state index in [2.05, 4.69) is 77.9 Å². The number of benzene rings is 2. The third-order valence-corrected chi connectivity index (χ3v) is 4.33. The summed E-state index contributed by atoms with van der Waals surface area (Å²) in [6.45, 7) is 13.7. The predicted octanol–water partition coefficient (Wildman–Crippen LogP) is 6.56. The van der Waals surface area contributed by atoms with Crippen LogP contribution in [0, 0.1) is 10.8 Å². The van der Waals surface area contributed by atoms with Crippen molar-refractivity contribution < 1.29 is 4.74 Å². The first kappa shape index (κ1) is 17.1. The molecule has 2 aromatic rings. The molecule has 3 rings (SSSR count). The Hall–Kier alpha value is -1.76. The second-order valence-electron chi connectivity index (χ2n) is 9.64. The van der Waals surface area contributed by atoms with Crippen molar-refractivity contribution >= 4 is 0 Å². The molecule has 0 amide bonds. The Morgan fingerprint density at radius 1 is 0.708 bits per heavy atom. The van der Waals surface area contributed by atoms with Gasteiger partial charge < -0.3 is 4.74 Å². The summed E-state index contributed by atoms with van der Waals surface area (Å²) in [6.07, 6.45) is 3.14. The van der Waals surface area contributed by atoms with Gasteiger partial charge in [-0.05, 0) is 58.1 Å². The highest BCUT2D eigenvalue weighted by atomic mass is 16.5. The molecular formula is C23H30O. The Bertz CT molecular complexity index is 676. The predicted molar refractivity (Wildman–Crippen MR) is 102 cm³/mol. The largest absolute Gasteiger partial charge is 0.457 e. The van der Waals surface area contributed by atoms with Crippen LogP contribution in [0.1, 0.15) is 63.8 Å². The Kier molecular flexibility index (Phi) is 4.23. The van der Waals surface area contributed by atoms with Crippen LogP contribution in [-0.2, 0) is 19.3 Å². The van der Waals surface area contributed by atoms with Crippen LogP contribution in [0.2, 0.25) is 0 Å². The van der Waals surface area contributed by atoms with Gasteiger partial charge in [0.25, 0.3) is 0 Å². The summed E-state index contributed by atoms with van der Waals surface area (Å²) in [5, 5.41) is 0. The molecule has 1 aliphatic heterocycles. The van der Waals surface area contributed by atoms with Crippen molar-refractivity contribution in [3.63, 3.8) is 0 Å². The lowest BCUT2D eigenvalue weighted by molar-refractivity contribution is 0.407. The molecular weight excluding hydrogens is 292 g/mol. The van der Waals surface area contributed by atoms with Gasteiger partial charge in [-0.1, -0.05) is 65.8 Å². The minimum atomic E-state index is 0.294. The van der Waals surface area contributed by atoms with Gasteiger partial charge in [0, 0.05) is 6.42 Å². The van der Waals surface area contributed by atoms with E-state index in [1.165, 1.54) is 22.3 Å². The van der Waals surface area contributed by atoms with Gasteiger partial charge in [0.1, 0.15) is 11.5 Å². The molecule has 0 bridgehead atoms. The fourth-order valence-corrected chi connectivity index (χ4v) is 3.48. The lowest BCUT2D eigenvalue weighted by Crippen LogP contribution is -2.11. The molecule has 0 atom stereocenters. The van der Waals surface area contributed by atoms with E-state index in [9.17, 15) is 0 Å². The molecule has 24 heavy (non-hydrogen) atoms. The lowest BCUT2D eigenvalue weighted by Gasteiger charge is -2.24. The van der Waals surface area contributed by atoms with Crippen LogP contribution in [-0.4, -0.2) is 0 Å². The Balaban J connectivity index is 1.84. The first-order chi connectivity index (χ1) is 11.1. The molecule has 1 heterocycles. The molecule has 0 aromatic heterocycles. The fraction of sp³-hybridized carbons (Fsp3) is 0.478. The molecule has 128 valence electrons. The SMILES string of the molecule is CC(C)(C)Cc1ccc2c(c1)Cc1ccc(CC(C)(C)C)cc1O2. The topological polar surface area (TPSA) is 9.23 Å². The van der Waals surface area contributed by atoms with E-state index in [-0.39, 0.29) is 0 Å². The van der Waals surface area contributed by atoms with Crippen molar-refractivity contribution in [1.82, 2.24) is 0 Å². The lowest BCUT2D eigenvalue weighted by atomic mass is 9.86. The van der Waals surface area contributed by atoms with E-state index in [1.54, 1.807) is 0 Å². The van der Waals surface area contributed by atoms with Gasteiger partial charge in [-0.15, -0.1) is 0 Å². The second-order valence-corrected chi connectivity index (χ2v) is 9.64. The highest BCUT2D eigenvalue weighted by molar-refractivity contribution is 5.52. The zero-order valence-electron chi connectivity index (χ0n) is 16.0. The molecule has 0 unspecified atom stereocenters. The molecule has 0 N–H and O–H groups in total. The second kappa shape index (κ2) is 5.95. The average Bonchev–Trinajstić information content (AvgIpc) is 2.41. The summed E-state index contributed by atoms with van der Waals surface area (Å²) >= 11 is 0. The zero-order valence-corrected chi connectivity index (χ0v) is 16.0. The Morgan fingerprint density at radius 3 is 1.92 bits per heavy atom. The van der Waals surface area contributed by atoms with Gasteiger partial charge in [0.2, 0.25) is 0 Å². The molecule has 0 spiro atoms. The molecule has 2 aromatic carbocycles. The van der Waals surface area contributed by atoms with Gasteiger partial charge in [-0.25, -0.2) is 0 Å². The molecule has 1 aliphatic rings. The van der Waals surface area contributed by atoms with Gasteiger partial charge in [-0.3, -0.25) is 0 Å². The van der Waals surface area contributed by atoms with Crippen LogP contribution < -0.4 is 4.74 Å². The smallest absolute Gasteiger partial charge is 0.131 e. The minimum absolute atomic E-state index is 0.294. The number of hydrogen-bond donors (Lipinski definition) is 0. The Labute approximate surface area is 147 Å². The van der Waals surface area contributed by atoms with E-state index in [0.717, 1.165) is 30.8 Å². The zero-order chi connectivity index (χ0) is 17.5. The monoisotopic (exact) mass is 322 g/mol. The maximum absolute atomic E-state index is 6.22. The standard InChI is InChI=1S/C23H30O/c1-22(2,3)14-16-8-10-20-19(11-16)13-18-9-7-17(12-21(18)24-20)15-23(4,5)6/h7-12H,13-15H2,1-6H3. The quantitative estimate of drug-likeness (QED) is 0.519. The average molecular weight is 322 g/mol. The molecule has 1 heteroatoms. The maximum Gasteiger partial charge on any atom is 0.131 e. The van der Waals surface area contributed by atoms with Crippen LogP contribution >= 0.6 is 0 Å². The van der Waals surface area contributed by atoms with E-state index in [1.807, 2.05) is 0 Å². The first-order valence-electron chi connectivity index (χ1n) is 9.01. The number of rotatable bonds is 2. The van der Waals surface area contributed by atoms with Crippen LogP contribution in [0.25, 0.3) is 0 Å². The van der Waals surface area contributed by atoms with Crippen molar-refractivity contribution in [3.8, 4) is 11.5 Å². The summed E-state index contributed by atoms with van der Waals surface area (Å²) in [6, 6.07) is 13.4. The normalized spacial score (nSPS) is 13.9. The van der Waals surface area contributed by atoms with Crippen molar-refractivity contribution in [2.24, 2.45) is 10.8 Å². The molecule has 0 aliphatic carbocycles. The molecule has 0 saturated heterocycles. The molecule has 1 nitrogen and oxygen atoms in total. The minimum Gasteiger partial charge on any atom is -0.457 e. The van der Waals surface area contributed by atoms with Gasteiger partial charge in [0.05, 0.1) is 0 Å². The highest BCUT2D eigenvalue weighted by Crippen LogP contribution is 2.38. The van der Waals surface area contributed by atoms with Crippen molar-refractivity contribution in [1.29, 1.82) is 0 Å². The van der Waals surface area contributed by atoms with E-state index in [0.29, 0.717) is 10.8 Å². The summed E-state index contributed by atoms with van der Waals surface area (Å²) < 4.78 is 6.22. The van der Waals surface area contributed by atoms with Crippen LogP contribution in [0.15, 0.2) is 36.4 Å². The van der Waals surface area contributed by atoms with Crippen molar-refractivity contribution in [3.05, 3.63) is 58.7 Å². The summed E-state index contributed by atoms with van der Waals surface area (Å²) in [4.78, 5) is 0. The number of ether oxygens (including phenoxy) is 1. The number of hydrogen-bond acceptors (Lipinski definition) is 1. The van der Waals surface area contributed by atoms with Crippen molar-refractivity contribution in [2.45, 2.75) is 60.8 Å². The van der Waals surface area contributed by atoms with Crippen LogP contribution in [0.5, 0.6) is 11.5 Å². The van der Waals surface area contributed by atoms with E-state index in [4.69, 9.17) is 4.74 Å². The van der Waals surface area contributed by atoms with Gasteiger partial charge in [0.15, 0.2) is 0 Å². The third kappa shape index (κ3) is 4.20. The van der Waals surface area contributed by atoms with Crippen molar-refractivity contribution in [2.75, 3.05) is 0 Å². The fourth-order valence-electron chi connectivity index (χ4n) is 3.48. The molecule has 0 fully saturated rings. The highest BCUT2D eigenvalue weighted by Gasteiger charge is 2.20. The summed E-state index contributed by atoms with van der Waals surface area (Å²) in [5.74, 6) is 2.06. The number of fused-ring (bicyclic) bond motifs is 2. The molecule has 0 saturated carbocycles. The van der Waals surface area contributed by atoms with Gasteiger partial charge in [-0.2, -0.15) is 0 Å². The third-order valence-electron chi connectivity index (χ3n) is 4.33. The van der Waals surface area contributed by atoms with Gasteiger partial charge >= 0.3 is 0 Å². The summed E-state index contributed by atoms with van der Waals surface area (Å²) in [7, 11) is 0. The Morgan fingerprint density at radius 2 is 1.29 bits per heavy atom. The van der Waals surface area contributed by atoms with Crippen LogP contribution in [0.4, 0.5) is 0 Å².